The van der Waals surface area contributed by atoms with E-state index in [1.165, 1.54) is 0 Å². The number of urea groups is 1. The lowest BCUT2D eigenvalue weighted by Crippen LogP contribution is -2.52. The first-order valence-electron chi connectivity index (χ1n) is 6.92. The highest BCUT2D eigenvalue weighted by Crippen LogP contribution is 2.08. The fraction of sp³-hybridized carbons (Fsp3) is 0.615. The van der Waals surface area contributed by atoms with Crippen LogP contribution in [0.15, 0.2) is 5.38 Å². The molecule has 8 heteroatoms. The van der Waals surface area contributed by atoms with E-state index in [1.54, 1.807) is 16.2 Å². The quantitative estimate of drug-likeness (QED) is 0.822. The Kier molecular flexibility index (Phi) is 5.51. The molecule has 0 unspecified atom stereocenters. The standard InChI is InChI=1S/C13H20N4O3S/c1-10-15-11(9-21-10)2-3-14-13(20)17-6-4-16(5-7-17)8-12(18)19/h9H,2-8H2,1H3,(H,14,20)(H,18,19). The van der Waals surface area contributed by atoms with Gasteiger partial charge in [-0.3, -0.25) is 9.69 Å². The number of amides is 2. The molecule has 2 N–H and O–H groups in total. The summed E-state index contributed by atoms with van der Waals surface area (Å²) in [7, 11) is 0. The molecule has 0 saturated carbocycles. The van der Waals surface area contributed by atoms with Crippen molar-refractivity contribution in [3.8, 4) is 0 Å². The molecule has 1 fully saturated rings. The second-order valence-electron chi connectivity index (χ2n) is 5.00. The maximum Gasteiger partial charge on any atom is 0.317 e. The van der Waals surface area contributed by atoms with Crippen LogP contribution in [0.1, 0.15) is 10.7 Å². The maximum absolute atomic E-state index is 12.0. The number of nitrogens with one attached hydrogen (secondary N) is 1. The van der Waals surface area contributed by atoms with Crippen LogP contribution in [0.3, 0.4) is 0 Å². The van der Waals surface area contributed by atoms with Crippen LogP contribution < -0.4 is 5.32 Å². The molecule has 2 heterocycles. The first-order chi connectivity index (χ1) is 10.0. The number of hydrogen-bond donors (Lipinski definition) is 2. The van der Waals surface area contributed by atoms with Crippen molar-refractivity contribution in [2.45, 2.75) is 13.3 Å². The lowest BCUT2D eigenvalue weighted by molar-refractivity contribution is -0.138. The van der Waals surface area contributed by atoms with Gasteiger partial charge in [-0.25, -0.2) is 9.78 Å². The first kappa shape index (κ1) is 15.7. The van der Waals surface area contributed by atoms with Crippen LogP contribution >= 0.6 is 11.3 Å². The average Bonchev–Trinajstić information content (AvgIpc) is 2.84. The number of carbonyl (C=O) groups is 2. The van der Waals surface area contributed by atoms with Gasteiger partial charge in [0.15, 0.2) is 0 Å². The topological polar surface area (TPSA) is 85.8 Å². The Balaban J connectivity index is 1.66. The van der Waals surface area contributed by atoms with Gasteiger partial charge in [0.1, 0.15) is 0 Å². The summed E-state index contributed by atoms with van der Waals surface area (Å²) in [6.45, 7) is 4.90. The minimum Gasteiger partial charge on any atom is -0.480 e. The number of hydrogen-bond acceptors (Lipinski definition) is 5. The normalized spacial score (nSPS) is 16.0. The number of thiazole rings is 1. The van der Waals surface area contributed by atoms with Crippen molar-refractivity contribution in [3.05, 3.63) is 16.1 Å². The van der Waals surface area contributed by atoms with E-state index in [1.807, 2.05) is 17.2 Å². The molecule has 116 valence electrons. The second kappa shape index (κ2) is 7.37. The van der Waals surface area contributed by atoms with Crippen molar-refractivity contribution < 1.29 is 14.7 Å². The number of piperazine rings is 1. The predicted molar refractivity (Wildman–Crippen MR) is 79.6 cm³/mol. The van der Waals surface area contributed by atoms with E-state index >= 15 is 0 Å². The van der Waals surface area contributed by atoms with Crippen molar-refractivity contribution >= 4 is 23.3 Å². The molecule has 21 heavy (non-hydrogen) atoms. The highest BCUT2D eigenvalue weighted by molar-refractivity contribution is 7.09. The maximum atomic E-state index is 12.0. The number of carbonyl (C=O) groups excluding carboxylic acids is 1. The van der Waals surface area contributed by atoms with Crippen molar-refractivity contribution in [2.75, 3.05) is 39.3 Å². The van der Waals surface area contributed by atoms with Crippen LogP contribution in [0.2, 0.25) is 0 Å². The first-order valence-corrected chi connectivity index (χ1v) is 7.80. The average molecular weight is 312 g/mol. The van der Waals surface area contributed by atoms with Crippen LogP contribution in [-0.4, -0.2) is 71.2 Å². The second-order valence-corrected chi connectivity index (χ2v) is 6.06. The van der Waals surface area contributed by atoms with E-state index in [2.05, 4.69) is 10.3 Å². The van der Waals surface area contributed by atoms with Gasteiger partial charge >= 0.3 is 12.0 Å². The SMILES string of the molecule is Cc1nc(CCNC(=O)N2CCN(CC(=O)O)CC2)cs1. The Hall–Kier alpha value is -1.67. The Bertz CT molecular complexity index is 497. The van der Waals surface area contributed by atoms with E-state index in [9.17, 15) is 9.59 Å². The summed E-state index contributed by atoms with van der Waals surface area (Å²) < 4.78 is 0. The molecule has 0 bridgehead atoms. The van der Waals surface area contributed by atoms with Crippen molar-refractivity contribution in [3.63, 3.8) is 0 Å². The number of aromatic nitrogens is 1. The third kappa shape index (κ3) is 4.98. The highest BCUT2D eigenvalue weighted by atomic mass is 32.1. The molecule has 1 aliphatic rings. The van der Waals surface area contributed by atoms with Crippen molar-refractivity contribution in [1.82, 2.24) is 20.1 Å². The van der Waals surface area contributed by atoms with Gasteiger partial charge in [-0.2, -0.15) is 0 Å². The zero-order valence-electron chi connectivity index (χ0n) is 12.0. The molecule has 0 atom stereocenters. The minimum absolute atomic E-state index is 0.0403. The Morgan fingerprint density at radius 2 is 2.10 bits per heavy atom. The van der Waals surface area contributed by atoms with Crippen LogP contribution in [0, 0.1) is 6.92 Å². The molecular formula is C13H20N4O3S. The zero-order valence-corrected chi connectivity index (χ0v) is 12.9. The molecule has 0 spiro atoms. The summed E-state index contributed by atoms with van der Waals surface area (Å²) in [5.74, 6) is -0.827. The fourth-order valence-corrected chi connectivity index (χ4v) is 2.88. The molecule has 1 aromatic rings. The van der Waals surface area contributed by atoms with E-state index in [4.69, 9.17) is 5.11 Å². The number of aryl methyl sites for hydroxylation is 1. The van der Waals surface area contributed by atoms with Gasteiger partial charge < -0.3 is 15.3 Å². The smallest absolute Gasteiger partial charge is 0.317 e. The number of carboxylic acid groups (broad SMARTS) is 1. The van der Waals surface area contributed by atoms with Crippen LogP contribution in [-0.2, 0) is 11.2 Å². The van der Waals surface area contributed by atoms with Gasteiger partial charge in [-0.05, 0) is 6.92 Å². The zero-order chi connectivity index (χ0) is 15.2. The highest BCUT2D eigenvalue weighted by Gasteiger charge is 2.21. The minimum atomic E-state index is -0.827. The van der Waals surface area contributed by atoms with E-state index < -0.39 is 5.97 Å². The largest absolute Gasteiger partial charge is 0.480 e. The Labute approximate surface area is 127 Å². The lowest BCUT2D eigenvalue weighted by Gasteiger charge is -2.33. The van der Waals surface area contributed by atoms with E-state index in [0.29, 0.717) is 32.7 Å². The van der Waals surface area contributed by atoms with Crippen molar-refractivity contribution in [2.24, 2.45) is 0 Å². The lowest BCUT2D eigenvalue weighted by atomic mass is 10.3. The molecule has 0 aromatic carbocycles. The van der Waals surface area contributed by atoms with E-state index in [0.717, 1.165) is 17.1 Å². The molecule has 0 radical (unpaired) electrons. The van der Waals surface area contributed by atoms with Gasteiger partial charge in [-0.15, -0.1) is 11.3 Å². The van der Waals surface area contributed by atoms with Crippen molar-refractivity contribution in [1.29, 1.82) is 0 Å². The fourth-order valence-electron chi connectivity index (χ4n) is 2.23. The van der Waals surface area contributed by atoms with Gasteiger partial charge in [0.2, 0.25) is 0 Å². The molecule has 1 saturated heterocycles. The number of carboxylic acids is 1. The predicted octanol–water partition coefficient (Wildman–Crippen LogP) is 0.406. The number of nitrogens with zero attached hydrogens (tertiary/aromatic N) is 3. The number of rotatable bonds is 5. The molecule has 7 nitrogen and oxygen atoms in total. The van der Waals surface area contributed by atoms with Crippen LogP contribution in [0.4, 0.5) is 4.79 Å². The summed E-state index contributed by atoms with van der Waals surface area (Å²) in [6.07, 6.45) is 0.731. The molecule has 1 aliphatic heterocycles. The molecule has 0 aliphatic carbocycles. The summed E-state index contributed by atoms with van der Waals surface area (Å²) in [4.78, 5) is 30.5. The summed E-state index contributed by atoms with van der Waals surface area (Å²) in [6, 6.07) is -0.0862. The van der Waals surface area contributed by atoms with Crippen LogP contribution in [0.5, 0.6) is 0 Å². The molecular weight excluding hydrogens is 292 g/mol. The van der Waals surface area contributed by atoms with Gasteiger partial charge in [0.25, 0.3) is 0 Å². The van der Waals surface area contributed by atoms with Gasteiger partial charge in [-0.1, -0.05) is 0 Å². The number of aliphatic carboxylic acids is 1. The summed E-state index contributed by atoms with van der Waals surface area (Å²) in [5.41, 5.74) is 1.00. The van der Waals surface area contributed by atoms with E-state index in [-0.39, 0.29) is 12.6 Å². The van der Waals surface area contributed by atoms with Gasteiger partial charge in [0, 0.05) is 44.5 Å². The Morgan fingerprint density at radius 1 is 1.38 bits per heavy atom. The Morgan fingerprint density at radius 3 is 2.67 bits per heavy atom. The molecule has 2 amide bonds. The monoisotopic (exact) mass is 312 g/mol. The molecule has 1 aromatic heterocycles. The summed E-state index contributed by atoms with van der Waals surface area (Å²) >= 11 is 1.61. The van der Waals surface area contributed by atoms with Gasteiger partial charge in [0.05, 0.1) is 17.2 Å². The van der Waals surface area contributed by atoms with Crippen LogP contribution in [0.25, 0.3) is 0 Å². The third-order valence-electron chi connectivity index (χ3n) is 3.34. The molecule has 2 rings (SSSR count). The summed E-state index contributed by atoms with van der Waals surface area (Å²) in [5, 5.41) is 14.6. The third-order valence-corrected chi connectivity index (χ3v) is 4.16.